The van der Waals surface area contributed by atoms with Crippen molar-refractivity contribution in [1.29, 1.82) is 0 Å². The van der Waals surface area contributed by atoms with Crippen LogP contribution in [0.4, 0.5) is 0 Å². The Kier molecular flexibility index (Phi) is 5.47. The van der Waals surface area contributed by atoms with Gasteiger partial charge in [-0.1, -0.05) is 36.7 Å². The van der Waals surface area contributed by atoms with E-state index in [1.807, 2.05) is 6.07 Å². The van der Waals surface area contributed by atoms with E-state index in [0.29, 0.717) is 36.4 Å². The predicted octanol–water partition coefficient (Wildman–Crippen LogP) is 2.94. The molecule has 0 bridgehead atoms. The number of rotatable bonds is 3. The van der Waals surface area contributed by atoms with Crippen LogP contribution >= 0.6 is 15.9 Å². The number of halogens is 1. The molecule has 0 unspecified atom stereocenters. The number of piperidine rings is 1. The van der Waals surface area contributed by atoms with Crippen LogP contribution in [0, 0.1) is 12.8 Å². The van der Waals surface area contributed by atoms with E-state index >= 15 is 0 Å². The lowest BCUT2D eigenvalue weighted by atomic mass is 9.87. The maximum atomic E-state index is 13.1. The summed E-state index contributed by atoms with van der Waals surface area (Å²) in [5.74, 6) is -0.575. The van der Waals surface area contributed by atoms with Gasteiger partial charge in [-0.25, -0.2) is 8.42 Å². The van der Waals surface area contributed by atoms with Gasteiger partial charge in [-0.3, -0.25) is 4.79 Å². The van der Waals surface area contributed by atoms with Crippen molar-refractivity contribution in [3.8, 4) is 0 Å². The maximum absolute atomic E-state index is 13.1. The second kappa shape index (κ2) is 6.77. The Labute approximate surface area is 152 Å². The topological polar surface area (TPSA) is 80.5 Å². The Morgan fingerprint density at radius 3 is 2.25 bits per heavy atom. The lowest BCUT2D eigenvalue weighted by Gasteiger charge is -2.31. The largest absolute Gasteiger partial charge is 0.369 e. The van der Waals surface area contributed by atoms with Crippen molar-refractivity contribution in [1.82, 2.24) is 4.31 Å². The number of hydrogen-bond donors (Lipinski definition) is 1. The number of benzene rings is 1. The smallest absolute Gasteiger partial charge is 0.243 e. The number of hydrogen-bond acceptors (Lipinski definition) is 3. The third-order valence-electron chi connectivity index (χ3n) is 4.55. The standard InChI is InChI=1S/C17H25BrN2O3S/c1-11-9-14(18)13(17(2,3)4)10-15(11)24(22,23)20-7-5-12(6-8-20)16(19)21/h9-10,12H,5-8H2,1-4H3,(H2,19,21). The molecule has 1 fully saturated rings. The first kappa shape index (κ1) is 19.4. The van der Waals surface area contributed by atoms with E-state index in [4.69, 9.17) is 5.73 Å². The summed E-state index contributed by atoms with van der Waals surface area (Å²) >= 11 is 3.54. The third-order valence-corrected chi connectivity index (χ3v) is 7.24. The molecule has 1 heterocycles. The summed E-state index contributed by atoms with van der Waals surface area (Å²) in [7, 11) is -3.58. The molecule has 24 heavy (non-hydrogen) atoms. The molecule has 1 saturated heterocycles. The van der Waals surface area contributed by atoms with Crippen LogP contribution in [0.3, 0.4) is 0 Å². The molecule has 1 aliphatic heterocycles. The first-order valence-electron chi connectivity index (χ1n) is 8.04. The van der Waals surface area contributed by atoms with Crippen LogP contribution in [-0.4, -0.2) is 31.7 Å². The molecule has 1 aromatic rings. The number of carbonyl (C=O) groups excluding carboxylic acids is 1. The average molecular weight is 417 g/mol. The van der Waals surface area contributed by atoms with Gasteiger partial charge in [0, 0.05) is 23.5 Å². The minimum absolute atomic E-state index is 0.171. The summed E-state index contributed by atoms with van der Waals surface area (Å²) in [6.45, 7) is 8.62. The molecule has 1 aliphatic rings. The Morgan fingerprint density at radius 1 is 1.25 bits per heavy atom. The van der Waals surface area contributed by atoms with E-state index in [2.05, 4.69) is 36.7 Å². The summed E-state index contributed by atoms with van der Waals surface area (Å²) in [5, 5.41) is 0. The Morgan fingerprint density at radius 2 is 1.79 bits per heavy atom. The summed E-state index contributed by atoms with van der Waals surface area (Å²) in [6, 6.07) is 3.64. The number of carbonyl (C=O) groups is 1. The van der Waals surface area contributed by atoms with E-state index in [1.54, 1.807) is 13.0 Å². The molecule has 0 atom stereocenters. The zero-order chi connectivity index (χ0) is 18.3. The predicted molar refractivity (Wildman–Crippen MR) is 98.3 cm³/mol. The number of amides is 1. The van der Waals surface area contributed by atoms with Crippen molar-refractivity contribution in [2.45, 2.75) is 50.8 Å². The van der Waals surface area contributed by atoms with Crippen LogP contribution in [0.25, 0.3) is 0 Å². The number of aryl methyl sites for hydroxylation is 1. The van der Waals surface area contributed by atoms with Gasteiger partial charge < -0.3 is 5.73 Å². The van der Waals surface area contributed by atoms with E-state index in [1.165, 1.54) is 4.31 Å². The molecule has 1 aromatic carbocycles. The third kappa shape index (κ3) is 3.83. The number of primary amides is 1. The summed E-state index contributed by atoms with van der Waals surface area (Å²) in [6.07, 6.45) is 0.965. The highest BCUT2D eigenvalue weighted by Gasteiger charge is 2.33. The van der Waals surface area contributed by atoms with Crippen molar-refractivity contribution in [3.63, 3.8) is 0 Å². The first-order chi connectivity index (χ1) is 10.9. The Balaban J connectivity index is 2.38. The van der Waals surface area contributed by atoms with Gasteiger partial charge in [0.15, 0.2) is 0 Å². The molecule has 0 saturated carbocycles. The summed E-state index contributed by atoms with van der Waals surface area (Å²) in [5.41, 5.74) is 6.83. The van der Waals surface area contributed by atoms with E-state index < -0.39 is 10.0 Å². The first-order valence-corrected chi connectivity index (χ1v) is 10.3. The van der Waals surface area contributed by atoms with Crippen LogP contribution in [0.2, 0.25) is 0 Å². The van der Waals surface area contributed by atoms with Gasteiger partial charge in [0.05, 0.1) is 4.90 Å². The van der Waals surface area contributed by atoms with Gasteiger partial charge in [0.25, 0.3) is 0 Å². The average Bonchev–Trinajstić information content (AvgIpc) is 2.45. The molecule has 2 N–H and O–H groups in total. The highest BCUT2D eigenvalue weighted by Crippen LogP contribution is 2.35. The quantitative estimate of drug-likeness (QED) is 0.821. The van der Waals surface area contributed by atoms with Crippen molar-refractivity contribution >= 4 is 31.9 Å². The summed E-state index contributed by atoms with van der Waals surface area (Å²) < 4.78 is 28.5. The lowest BCUT2D eigenvalue weighted by Crippen LogP contribution is -2.41. The fraction of sp³-hybridized carbons (Fsp3) is 0.588. The minimum Gasteiger partial charge on any atom is -0.369 e. The van der Waals surface area contributed by atoms with Crippen molar-refractivity contribution < 1.29 is 13.2 Å². The van der Waals surface area contributed by atoms with Crippen molar-refractivity contribution in [2.75, 3.05) is 13.1 Å². The van der Waals surface area contributed by atoms with Crippen LogP contribution in [0.15, 0.2) is 21.5 Å². The monoisotopic (exact) mass is 416 g/mol. The zero-order valence-corrected chi connectivity index (χ0v) is 17.0. The fourth-order valence-electron chi connectivity index (χ4n) is 3.03. The van der Waals surface area contributed by atoms with E-state index in [0.717, 1.165) is 10.0 Å². The molecule has 0 aromatic heterocycles. The fourth-order valence-corrected chi connectivity index (χ4v) is 5.78. The van der Waals surface area contributed by atoms with Gasteiger partial charge in [0.1, 0.15) is 0 Å². The molecule has 7 heteroatoms. The van der Waals surface area contributed by atoms with Crippen molar-refractivity contribution in [2.24, 2.45) is 11.7 Å². The van der Waals surface area contributed by atoms with Crippen LogP contribution in [0.5, 0.6) is 0 Å². The molecule has 5 nitrogen and oxygen atoms in total. The SMILES string of the molecule is Cc1cc(Br)c(C(C)(C)C)cc1S(=O)(=O)N1CCC(C(N)=O)CC1. The molecule has 2 rings (SSSR count). The molecule has 1 amide bonds. The van der Waals surface area contributed by atoms with Crippen LogP contribution < -0.4 is 5.73 Å². The molecular formula is C17H25BrN2O3S. The normalized spacial score (nSPS) is 17.9. The van der Waals surface area contributed by atoms with Gasteiger partial charge in [0.2, 0.25) is 15.9 Å². The number of sulfonamides is 1. The van der Waals surface area contributed by atoms with Gasteiger partial charge in [-0.05, 0) is 48.4 Å². The lowest BCUT2D eigenvalue weighted by molar-refractivity contribution is -0.122. The van der Waals surface area contributed by atoms with Crippen LogP contribution in [0.1, 0.15) is 44.7 Å². The molecular weight excluding hydrogens is 392 g/mol. The van der Waals surface area contributed by atoms with Crippen LogP contribution in [-0.2, 0) is 20.2 Å². The number of nitrogens with zero attached hydrogens (tertiary/aromatic N) is 1. The molecule has 0 radical (unpaired) electrons. The van der Waals surface area contributed by atoms with E-state index in [-0.39, 0.29) is 17.2 Å². The second-order valence-corrected chi connectivity index (χ2v) is 10.2. The van der Waals surface area contributed by atoms with Gasteiger partial charge in [-0.2, -0.15) is 4.31 Å². The molecule has 0 spiro atoms. The van der Waals surface area contributed by atoms with Gasteiger partial charge >= 0.3 is 0 Å². The number of nitrogens with two attached hydrogens (primary N) is 1. The zero-order valence-electron chi connectivity index (χ0n) is 14.6. The summed E-state index contributed by atoms with van der Waals surface area (Å²) in [4.78, 5) is 11.6. The molecule has 134 valence electrons. The molecule has 0 aliphatic carbocycles. The second-order valence-electron chi connectivity index (χ2n) is 7.43. The minimum atomic E-state index is -3.58. The maximum Gasteiger partial charge on any atom is 0.243 e. The highest BCUT2D eigenvalue weighted by molar-refractivity contribution is 9.10. The van der Waals surface area contributed by atoms with Gasteiger partial charge in [-0.15, -0.1) is 0 Å². The van der Waals surface area contributed by atoms with Crippen molar-refractivity contribution in [3.05, 3.63) is 27.7 Å². The Bertz CT molecular complexity index is 746. The van der Waals surface area contributed by atoms with E-state index in [9.17, 15) is 13.2 Å². The highest BCUT2D eigenvalue weighted by atomic mass is 79.9. The Hall–Kier alpha value is -0.920.